The van der Waals surface area contributed by atoms with E-state index < -0.39 is 23.3 Å². The predicted molar refractivity (Wildman–Crippen MR) is 75.6 cm³/mol. The van der Waals surface area contributed by atoms with Crippen molar-refractivity contribution in [1.29, 1.82) is 0 Å². The zero-order valence-electron chi connectivity index (χ0n) is 12.8. The van der Waals surface area contributed by atoms with Gasteiger partial charge < -0.3 is 20.5 Å². The predicted octanol–water partition coefficient (Wildman–Crippen LogP) is 0.145. The van der Waals surface area contributed by atoms with Gasteiger partial charge in [-0.2, -0.15) is 0 Å². The maximum absolute atomic E-state index is 11.7. The topological polar surface area (TPSA) is 105 Å². The highest BCUT2D eigenvalue weighted by molar-refractivity contribution is 5.81. The fourth-order valence-corrected chi connectivity index (χ4v) is 1.93. The van der Waals surface area contributed by atoms with E-state index in [2.05, 4.69) is 10.6 Å². The summed E-state index contributed by atoms with van der Waals surface area (Å²) in [5.41, 5.74) is -0.446. The maximum Gasteiger partial charge on any atom is 0.311 e. The van der Waals surface area contributed by atoms with Gasteiger partial charge in [-0.05, 0) is 6.42 Å². The van der Waals surface area contributed by atoms with Crippen LogP contribution in [0, 0.1) is 11.3 Å². The summed E-state index contributed by atoms with van der Waals surface area (Å²) in [6.07, 6.45) is 0.756. The second kappa shape index (κ2) is 7.40. The summed E-state index contributed by atoms with van der Waals surface area (Å²) in [7, 11) is 0. The molecule has 1 heterocycles. The van der Waals surface area contributed by atoms with Crippen LogP contribution in [0.3, 0.4) is 0 Å². The van der Waals surface area contributed by atoms with Crippen LogP contribution in [0.25, 0.3) is 0 Å². The van der Waals surface area contributed by atoms with E-state index in [4.69, 9.17) is 9.84 Å². The molecule has 0 aliphatic carbocycles. The summed E-state index contributed by atoms with van der Waals surface area (Å²) in [6, 6.07) is -0.473. The van der Waals surface area contributed by atoms with Gasteiger partial charge in [-0.15, -0.1) is 0 Å². The first-order valence-electron chi connectivity index (χ1n) is 7.10. The molecule has 120 valence electrons. The molecule has 7 nitrogen and oxygen atoms in total. The minimum atomic E-state index is -0.963. The minimum Gasteiger partial charge on any atom is -0.481 e. The van der Waals surface area contributed by atoms with E-state index in [-0.39, 0.29) is 31.4 Å². The number of hydrogen-bond donors (Lipinski definition) is 3. The third kappa shape index (κ3) is 5.71. The average molecular weight is 300 g/mol. The molecule has 2 amide bonds. The normalized spacial score (nSPS) is 21.9. The molecule has 1 aliphatic heterocycles. The number of aliphatic carboxylic acids is 1. The molecular weight excluding hydrogens is 276 g/mol. The number of ether oxygens (including phenoxy) is 1. The lowest BCUT2D eigenvalue weighted by atomic mass is 9.96. The van der Waals surface area contributed by atoms with Gasteiger partial charge in [0.15, 0.2) is 0 Å². The minimum absolute atomic E-state index is 0.0574. The summed E-state index contributed by atoms with van der Waals surface area (Å²) < 4.78 is 5.07. The Morgan fingerprint density at radius 1 is 1.24 bits per heavy atom. The summed E-state index contributed by atoms with van der Waals surface area (Å²) in [5.74, 6) is -1.93. The molecule has 1 fully saturated rings. The molecule has 0 radical (unpaired) electrons. The molecule has 3 N–H and O–H groups in total. The van der Waals surface area contributed by atoms with E-state index in [9.17, 15) is 14.4 Å². The lowest BCUT2D eigenvalue weighted by molar-refractivity contribution is -0.142. The lowest BCUT2D eigenvalue weighted by Crippen LogP contribution is -2.43. The van der Waals surface area contributed by atoms with Crippen LogP contribution < -0.4 is 10.6 Å². The highest BCUT2D eigenvalue weighted by Gasteiger charge is 2.34. The van der Waals surface area contributed by atoms with E-state index in [0.717, 1.165) is 0 Å². The molecule has 7 heteroatoms. The Balaban J connectivity index is 2.23. The standard InChI is InChI=1S/C14H24N2O5/c1-14(2,3)13(20)15-6-4-5-11(17)16-10-8-21-7-9(10)12(18)19/h9-10H,4-8H2,1-3H3,(H,15,20)(H,16,17)(H,18,19). The van der Waals surface area contributed by atoms with Crippen molar-refractivity contribution < 1.29 is 24.2 Å². The fraction of sp³-hybridized carbons (Fsp3) is 0.786. The zero-order valence-corrected chi connectivity index (χ0v) is 12.8. The number of nitrogens with one attached hydrogen (secondary N) is 2. The van der Waals surface area contributed by atoms with Crippen LogP contribution >= 0.6 is 0 Å². The van der Waals surface area contributed by atoms with Crippen LogP contribution in [0.5, 0.6) is 0 Å². The molecule has 21 heavy (non-hydrogen) atoms. The average Bonchev–Trinajstić information content (AvgIpc) is 2.81. The van der Waals surface area contributed by atoms with Gasteiger partial charge in [-0.1, -0.05) is 20.8 Å². The third-order valence-electron chi connectivity index (χ3n) is 3.29. The summed E-state index contributed by atoms with van der Waals surface area (Å²) in [4.78, 5) is 34.3. The van der Waals surface area contributed by atoms with Gasteiger partial charge in [0.1, 0.15) is 5.92 Å². The van der Waals surface area contributed by atoms with Crippen molar-refractivity contribution >= 4 is 17.8 Å². The van der Waals surface area contributed by atoms with E-state index in [0.29, 0.717) is 13.0 Å². The van der Waals surface area contributed by atoms with Crippen molar-refractivity contribution in [2.45, 2.75) is 39.7 Å². The van der Waals surface area contributed by atoms with E-state index in [1.165, 1.54) is 0 Å². The molecule has 0 bridgehead atoms. The van der Waals surface area contributed by atoms with Crippen LogP contribution in [0.1, 0.15) is 33.6 Å². The van der Waals surface area contributed by atoms with Crippen LogP contribution in [-0.4, -0.2) is 48.7 Å². The van der Waals surface area contributed by atoms with Crippen LogP contribution in [0.4, 0.5) is 0 Å². The summed E-state index contributed by atoms with van der Waals surface area (Å²) in [5, 5.41) is 14.4. The van der Waals surface area contributed by atoms with Crippen molar-refractivity contribution in [3.63, 3.8) is 0 Å². The Morgan fingerprint density at radius 3 is 2.48 bits per heavy atom. The Bertz CT molecular complexity index is 403. The quantitative estimate of drug-likeness (QED) is 0.605. The summed E-state index contributed by atoms with van der Waals surface area (Å²) in [6.45, 7) is 6.24. The first-order valence-corrected chi connectivity index (χ1v) is 7.10. The molecular formula is C14H24N2O5. The summed E-state index contributed by atoms with van der Waals surface area (Å²) >= 11 is 0. The Kier molecular flexibility index (Phi) is 6.14. The Hall–Kier alpha value is -1.63. The van der Waals surface area contributed by atoms with Gasteiger partial charge in [0.05, 0.1) is 19.3 Å². The fourth-order valence-electron chi connectivity index (χ4n) is 1.93. The van der Waals surface area contributed by atoms with Crippen LogP contribution in [0.15, 0.2) is 0 Å². The van der Waals surface area contributed by atoms with E-state index in [1.54, 1.807) is 0 Å². The van der Waals surface area contributed by atoms with Crippen molar-refractivity contribution in [2.75, 3.05) is 19.8 Å². The third-order valence-corrected chi connectivity index (χ3v) is 3.29. The second-order valence-corrected chi connectivity index (χ2v) is 6.27. The largest absolute Gasteiger partial charge is 0.481 e. The van der Waals surface area contributed by atoms with Gasteiger partial charge >= 0.3 is 5.97 Å². The molecule has 1 aliphatic rings. The highest BCUT2D eigenvalue weighted by Crippen LogP contribution is 2.14. The van der Waals surface area contributed by atoms with Gasteiger partial charge in [-0.3, -0.25) is 14.4 Å². The molecule has 0 saturated carbocycles. The Morgan fingerprint density at radius 2 is 1.90 bits per heavy atom. The molecule has 1 saturated heterocycles. The van der Waals surface area contributed by atoms with E-state index in [1.807, 2.05) is 20.8 Å². The van der Waals surface area contributed by atoms with Gasteiger partial charge in [0.2, 0.25) is 11.8 Å². The monoisotopic (exact) mass is 300 g/mol. The Labute approximate surface area is 124 Å². The molecule has 2 unspecified atom stereocenters. The van der Waals surface area contributed by atoms with Crippen molar-refractivity contribution in [3.8, 4) is 0 Å². The SMILES string of the molecule is CC(C)(C)C(=O)NCCCC(=O)NC1COCC1C(=O)O. The molecule has 1 rings (SSSR count). The zero-order chi connectivity index (χ0) is 16.0. The van der Waals surface area contributed by atoms with Crippen molar-refractivity contribution in [3.05, 3.63) is 0 Å². The highest BCUT2D eigenvalue weighted by atomic mass is 16.5. The first-order chi connectivity index (χ1) is 9.71. The number of hydrogen-bond acceptors (Lipinski definition) is 4. The van der Waals surface area contributed by atoms with Gasteiger partial charge in [0.25, 0.3) is 0 Å². The second-order valence-electron chi connectivity index (χ2n) is 6.27. The van der Waals surface area contributed by atoms with E-state index >= 15 is 0 Å². The number of carbonyl (C=O) groups is 3. The number of carboxylic acid groups (broad SMARTS) is 1. The molecule has 0 aromatic rings. The molecule has 0 aromatic carbocycles. The first kappa shape index (κ1) is 17.4. The number of carbonyl (C=O) groups excluding carboxylic acids is 2. The van der Waals surface area contributed by atoms with Crippen LogP contribution in [0.2, 0.25) is 0 Å². The van der Waals surface area contributed by atoms with Crippen molar-refractivity contribution in [1.82, 2.24) is 10.6 Å². The smallest absolute Gasteiger partial charge is 0.311 e. The molecule has 2 atom stereocenters. The number of rotatable bonds is 6. The molecule has 0 aromatic heterocycles. The lowest BCUT2D eigenvalue weighted by Gasteiger charge is -2.18. The van der Waals surface area contributed by atoms with Crippen molar-refractivity contribution in [2.24, 2.45) is 11.3 Å². The van der Waals surface area contributed by atoms with Crippen LogP contribution in [-0.2, 0) is 19.1 Å². The molecule has 0 spiro atoms. The maximum atomic E-state index is 11.7. The van der Waals surface area contributed by atoms with Gasteiger partial charge in [-0.25, -0.2) is 0 Å². The number of carboxylic acids is 1. The van der Waals surface area contributed by atoms with Gasteiger partial charge in [0, 0.05) is 18.4 Å². The number of amides is 2.